The Kier molecular flexibility index (Phi) is 8.81. The van der Waals surface area contributed by atoms with Gasteiger partial charge in [-0.15, -0.1) is 22.0 Å². The Morgan fingerprint density at radius 2 is 1.37 bits per heavy atom. The molecule has 0 spiro atoms. The number of carbonyl (C=O) groups is 2. The fourth-order valence-corrected chi connectivity index (χ4v) is 6.04. The summed E-state index contributed by atoms with van der Waals surface area (Å²) in [6.07, 6.45) is -0.666. The summed E-state index contributed by atoms with van der Waals surface area (Å²) in [5.74, 6) is -0.147. The molecule has 9 heteroatoms. The van der Waals surface area contributed by atoms with Crippen molar-refractivity contribution in [3.05, 3.63) is 113 Å². The number of aromatic nitrogens is 2. The number of amides is 2. The van der Waals surface area contributed by atoms with Gasteiger partial charge >= 0.3 is 6.09 Å². The van der Waals surface area contributed by atoms with Gasteiger partial charge in [0.1, 0.15) is 17.2 Å². The molecule has 0 bridgehead atoms. The minimum absolute atomic E-state index is 0.253. The Morgan fingerprint density at radius 3 is 1.79 bits per heavy atom. The van der Waals surface area contributed by atoms with Crippen molar-refractivity contribution in [1.82, 2.24) is 15.5 Å². The molecule has 0 radical (unpaired) electrons. The van der Waals surface area contributed by atoms with Crippen molar-refractivity contribution < 1.29 is 14.3 Å². The molecule has 0 saturated carbocycles. The molecule has 1 aromatic heterocycles. The normalized spacial score (nSPS) is 12.4. The molecule has 0 fully saturated rings. The van der Waals surface area contributed by atoms with E-state index < -0.39 is 28.4 Å². The highest BCUT2D eigenvalue weighted by Gasteiger charge is 2.39. The summed E-state index contributed by atoms with van der Waals surface area (Å²) in [4.78, 5) is 26.1. The number of anilines is 1. The Bertz CT molecular complexity index is 1220. The fraction of sp³-hybridized carbons (Fsp3) is 0.241. The van der Waals surface area contributed by atoms with Crippen LogP contribution in [-0.4, -0.2) is 39.6 Å². The Hall–Kier alpha value is -3.69. The van der Waals surface area contributed by atoms with Crippen LogP contribution in [0.15, 0.2) is 96.5 Å². The van der Waals surface area contributed by atoms with Crippen LogP contribution in [0.3, 0.4) is 0 Å². The number of rotatable bonds is 9. The summed E-state index contributed by atoms with van der Waals surface area (Å²) >= 11 is 2.78. The maximum Gasteiger partial charge on any atom is 0.408 e. The molecule has 3 aromatic carbocycles. The zero-order valence-electron chi connectivity index (χ0n) is 21.5. The lowest BCUT2D eigenvalue weighted by atomic mass is 9.84. The third kappa shape index (κ3) is 6.79. The molecular weight excluding hydrogens is 516 g/mol. The first kappa shape index (κ1) is 27.3. The largest absolute Gasteiger partial charge is 0.444 e. The van der Waals surface area contributed by atoms with Crippen LogP contribution < -0.4 is 10.6 Å². The first-order valence-electron chi connectivity index (χ1n) is 12.1. The molecular formula is C29H30N4O3S2. The second kappa shape index (κ2) is 12.2. The number of thioether (sulfide) groups is 1. The lowest BCUT2D eigenvalue weighted by molar-refractivity contribution is -0.117. The molecule has 1 unspecified atom stereocenters. The molecule has 0 aliphatic rings. The van der Waals surface area contributed by atoms with E-state index in [-0.39, 0.29) is 5.75 Å². The van der Waals surface area contributed by atoms with E-state index in [1.54, 1.807) is 32.5 Å². The van der Waals surface area contributed by atoms with E-state index in [0.29, 0.717) is 5.13 Å². The number of hydrogen-bond acceptors (Lipinski definition) is 7. The van der Waals surface area contributed by atoms with Gasteiger partial charge in [0.05, 0.1) is 4.75 Å². The summed E-state index contributed by atoms with van der Waals surface area (Å²) in [5, 5.41) is 13.6. The monoisotopic (exact) mass is 546 g/mol. The molecule has 1 heterocycles. The lowest BCUT2D eigenvalue weighted by Crippen LogP contribution is -2.48. The van der Waals surface area contributed by atoms with Crippen molar-refractivity contribution in [2.24, 2.45) is 0 Å². The van der Waals surface area contributed by atoms with E-state index in [1.807, 2.05) is 54.6 Å². The summed E-state index contributed by atoms with van der Waals surface area (Å²) in [6, 6.07) is 29.6. The van der Waals surface area contributed by atoms with E-state index in [9.17, 15) is 9.59 Å². The highest BCUT2D eigenvalue weighted by molar-refractivity contribution is 8.00. The highest BCUT2D eigenvalue weighted by Crippen LogP contribution is 2.48. The van der Waals surface area contributed by atoms with Crippen LogP contribution in [-0.2, 0) is 14.3 Å². The second-order valence-corrected chi connectivity index (χ2v) is 11.6. The van der Waals surface area contributed by atoms with E-state index >= 15 is 0 Å². The first-order chi connectivity index (χ1) is 18.3. The second-order valence-electron chi connectivity index (χ2n) is 9.52. The van der Waals surface area contributed by atoms with Crippen molar-refractivity contribution >= 4 is 40.2 Å². The van der Waals surface area contributed by atoms with Crippen LogP contribution in [0.4, 0.5) is 9.93 Å². The molecule has 0 saturated heterocycles. The zero-order chi connectivity index (χ0) is 27.0. The van der Waals surface area contributed by atoms with Crippen LogP contribution in [0.1, 0.15) is 37.5 Å². The van der Waals surface area contributed by atoms with Crippen LogP contribution in [0.25, 0.3) is 0 Å². The smallest absolute Gasteiger partial charge is 0.408 e. The molecule has 38 heavy (non-hydrogen) atoms. The Morgan fingerprint density at radius 1 is 0.868 bits per heavy atom. The molecule has 2 N–H and O–H groups in total. The van der Waals surface area contributed by atoms with Gasteiger partial charge in [-0.1, -0.05) is 102 Å². The van der Waals surface area contributed by atoms with Crippen molar-refractivity contribution in [3.8, 4) is 0 Å². The SMILES string of the molecule is CC(C)(C)OC(=O)NC(CSC(c1ccccc1)(c1ccccc1)c1ccccc1)C(=O)Nc1nncs1. The Balaban J connectivity index is 1.73. The van der Waals surface area contributed by atoms with Gasteiger partial charge in [0.15, 0.2) is 0 Å². The van der Waals surface area contributed by atoms with Crippen molar-refractivity contribution in [2.75, 3.05) is 11.1 Å². The lowest BCUT2D eigenvalue weighted by Gasteiger charge is -2.36. The maximum atomic E-state index is 13.4. The quantitative estimate of drug-likeness (QED) is 0.247. The van der Waals surface area contributed by atoms with Crippen molar-refractivity contribution in [1.29, 1.82) is 0 Å². The maximum absolute atomic E-state index is 13.4. The third-order valence-electron chi connectivity index (χ3n) is 5.61. The topological polar surface area (TPSA) is 93.2 Å². The number of carbonyl (C=O) groups excluding carboxylic acids is 2. The molecule has 0 aliphatic heterocycles. The van der Waals surface area contributed by atoms with Crippen LogP contribution in [0.5, 0.6) is 0 Å². The van der Waals surface area contributed by atoms with Gasteiger partial charge in [-0.05, 0) is 37.5 Å². The fourth-order valence-electron chi connectivity index (χ4n) is 4.03. The van der Waals surface area contributed by atoms with Gasteiger partial charge in [0, 0.05) is 5.75 Å². The molecule has 4 aromatic rings. The minimum Gasteiger partial charge on any atom is -0.444 e. The average molecular weight is 547 g/mol. The molecule has 1 atom stereocenters. The molecule has 2 amide bonds. The van der Waals surface area contributed by atoms with Crippen molar-refractivity contribution in [3.63, 3.8) is 0 Å². The summed E-state index contributed by atoms with van der Waals surface area (Å²) < 4.78 is 4.82. The summed E-state index contributed by atoms with van der Waals surface area (Å²) in [7, 11) is 0. The van der Waals surface area contributed by atoms with Gasteiger partial charge in [-0.3, -0.25) is 10.1 Å². The summed E-state index contributed by atoms with van der Waals surface area (Å²) in [5.41, 5.74) is 4.00. The number of alkyl carbamates (subject to hydrolysis) is 1. The summed E-state index contributed by atoms with van der Waals surface area (Å²) in [6.45, 7) is 5.34. The van der Waals surface area contributed by atoms with Gasteiger partial charge < -0.3 is 10.1 Å². The zero-order valence-corrected chi connectivity index (χ0v) is 23.1. The van der Waals surface area contributed by atoms with E-state index in [1.165, 1.54) is 16.8 Å². The van der Waals surface area contributed by atoms with Crippen LogP contribution in [0.2, 0.25) is 0 Å². The number of benzene rings is 3. The third-order valence-corrected chi connectivity index (χ3v) is 7.85. The Labute approximate surface area is 231 Å². The molecule has 0 aliphatic carbocycles. The van der Waals surface area contributed by atoms with Gasteiger partial charge in [0.2, 0.25) is 11.0 Å². The minimum atomic E-state index is -0.908. The average Bonchev–Trinajstić information content (AvgIpc) is 3.42. The predicted octanol–water partition coefficient (Wildman–Crippen LogP) is 6.10. The van der Waals surface area contributed by atoms with E-state index in [0.717, 1.165) is 16.7 Å². The highest BCUT2D eigenvalue weighted by atomic mass is 32.2. The predicted molar refractivity (Wildman–Crippen MR) is 153 cm³/mol. The van der Waals surface area contributed by atoms with Gasteiger partial charge in [0.25, 0.3) is 0 Å². The molecule has 196 valence electrons. The van der Waals surface area contributed by atoms with Crippen molar-refractivity contribution in [2.45, 2.75) is 37.2 Å². The van der Waals surface area contributed by atoms with E-state index in [4.69, 9.17) is 4.74 Å². The number of hydrogen-bond donors (Lipinski definition) is 2. The standard InChI is InChI=1S/C29H30N4O3S2/c1-28(2,3)36-27(35)31-24(25(34)32-26-33-30-20-37-26)19-38-29(21-13-7-4-8-14-21,22-15-9-5-10-16-22)23-17-11-6-12-18-23/h4-18,20,24H,19H2,1-3H3,(H,31,35)(H,32,33,34). The number of nitrogens with zero attached hydrogens (tertiary/aromatic N) is 2. The van der Waals surface area contributed by atoms with Crippen LogP contribution >= 0.6 is 23.1 Å². The van der Waals surface area contributed by atoms with Gasteiger partial charge in [-0.2, -0.15) is 0 Å². The van der Waals surface area contributed by atoms with Crippen LogP contribution in [0, 0.1) is 0 Å². The molecule has 4 rings (SSSR count). The first-order valence-corrected chi connectivity index (χ1v) is 14.0. The molecule has 7 nitrogen and oxygen atoms in total. The van der Waals surface area contributed by atoms with E-state index in [2.05, 4.69) is 57.2 Å². The number of nitrogens with one attached hydrogen (secondary N) is 2. The number of ether oxygens (including phenoxy) is 1. The van der Waals surface area contributed by atoms with Gasteiger partial charge in [-0.25, -0.2) is 4.79 Å².